The Kier molecular flexibility index (Phi) is 4.49. The standard InChI is InChI=1S/C25H25N3O2S/c1-15-6-8-16-12-22(30-21(16)9-7-15)24(29)26-11-10-17-18-13-28(14-19(17)18)25-27-20-4-2-3-5-23(20)31-25/h2-9,12,15,17-19H,10-11,13-14H2,1H3,(H,26,29)/t15?,17?,18-,19+. The number of allylic oxidation sites excluding steroid dienone is 2. The van der Waals surface area contributed by atoms with Gasteiger partial charge >= 0.3 is 0 Å². The van der Waals surface area contributed by atoms with Gasteiger partial charge in [0, 0.05) is 25.2 Å². The van der Waals surface area contributed by atoms with Crippen LogP contribution in [0.5, 0.6) is 0 Å². The normalized spacial score (nSPS) is 26.0. The number of rotatable bonds is 5. The first-order valence-corrected chi connectivity index (χ1v) is 11.9. The van der Waals surface area contributed by atoms with Crippen molar-refractivity contribution >= 4 is 44.7 Å². The van der Waals surface area contributed by atoms with Gasteiger partial charge in [-0.1, -0.05) is 48.6 Å². The monoisotopic (exact) mass is 431 g/mol. The number of nitrogens with one attached hydrogen (secondary N) is 1. The molecule has 0 spiro atoms. The number of carbonyl (C=O) groups excluding carboxylic acids is 1. The van der Waals surface area contributed by atoms with Crippen LogP contribution in [-0.4, -0.2) is 30.5 Å². The van der Waals surface area contributed by atoms with Gasteiger partial charge in [0.2, 0.25) is 0 Å². The average molecular weight is 432 g/mol. The van der Waals surface area contributed by atoms with Crippen molar-refractivity contribution in [2.75, 3.05) is 24.5 Å². The Bertz CT molecular complexity index is 1130. The lowest BCUT2D eigenvalue weighted by molar-refractivity contribution is 0.0924. The highest BCUT2D eigenvalue weighted by atomic mass is 32.1. The van der Waals surface area contributed by atoms with Gasteiger partial charge in [-0.2, -0.15) is 0 Å². The topological polar surface area (TPSA) is 58.4 Å². The Morgan fingerprint density at radius 1 is 1.23 bits per heavy atom. The van der Waals surface area contributed by atoms with E-state index in [4.69, 9.17) is 9.40 Å². The molecule has 6 rings (SSSR count). The third kappa shape index (κ3) is 3.49. The second-order valence-corrected chi connectivity index (χ2v) is 9.92. The zero-order chi connectivity index (χ0) is 20.9. The second kappa shape index (κ2) is 7.38. The van der Waals surface area contributed by atoms with Crippen molar-refractivity contribution in [3.63, 3.8) is 0 Å². The van der Waals surface area contributed by atoms with Crippen LogP contribution in [0.4, 0.5) is 5.13 Å². The van der Waals surface area contributed by atoms with Gasteiger partial charge < -0.3 is 14.6 Å². The molecule has 158 valence electrons. The van der Waals surface area contributed by atoms with Crippen molar-refractivity contribution in [1.82, 2.24) is 10.3 Å². The number of fused-ring (bicyclic) bond motifs is 3. The summed E-state index contributed by atoms with van der Waals surface area (Å²) in [5, 5.41) is 4.20. The predicted octanol–water partition coefficient (Wildman–Crippen LogP) is 5.07. The smallest absolute Gasteiger partial charge is 0.287 e. The summed E-state index contributed by atoms with van der Waals surface area (Å²) >= 11 is 1.79. The summed E-state index contributed by atoms with van der Waals surface area (Å²) < 4.78 is 7.03. The van der Waals surface area contributed by atoms with E-state index in [0.29, 0.717) is 24.1 Å². The summed E-state index contributed by atoms with van der Waals surface area (Å²) in [6.07, 6.45) is 9.22. The Hall–Kier alpha value is -2.86. The molecule has 1 amide bonds. The van der Waals surface area contributed by atoms with Crippen molar-refractivity contribution in [1.29, 1.82) is 0 Å². The van der Waals surface area contributed by atoms with E-state index in [2.05, 4.69) is 47.5 Å². The zero-order valence-corrected chi connectivity index (χ0v) is 18.3. The Morgan fingerprint density at radius 2 is 2.03 bits per heavy atom. The minimum Gasteiger partial charge on any atom is -0.451 e. The Balaban J connectivity index is 1.000. The summed E-state index contributed by atoms with van der Waals surface area (Å²) in [5.41, 5.74) is 2.07. The molecule has 0 bridgehead atoms. The van der Waals surface area contributed by atoms with Crippen LogP contribution in [0.2, 0.25) is 0 Å². The fraction of sp³-hybridized carbons (Fsp3) is 0.360. The number of benzene rings is 1. The van der Waals surface area contributed by atoms with Crippen LogP contribution in [0.1, 0.15) is 35.2 Å². The van der Waals surface area contributed by atoms with Gasteiger partial charge in [0.15, 0.2) is 10.9 Å². The molecule has 6 heteroatoms. The average Bonchev–Trinajstić information content (AvgIpc) is 3.19. The van der Waals surface area contributed by atoms with E-state index in [-0.39, 0.29) is 5.91 Å². The lowest BCUT2D eigenvalue weighted by Gasteiger charge is -2.18. The van der Waals surface area contributed by atoms with Crippen molar-refractivity contribution < 1.29 is 9.21 Å². The van der Waals surface area contributed by atoms with Crippen LogP contribution in [0.3, 0.4) is 0 Å². The maximum Gasteiger partial charge on any atom is 0.287 e. The van der Waals surface area contributed by atoms with Gasteiger partial charge in [-0.25, -0.2) is 4.98 Å². The van der Waals surface area contributed by atoms with Gasteiger partial charge in [0.25, 0.3) is 5.91 Å². The van der Waals surface area contributed by atoms with Gasteiger partial charge in [0.05, 0.1) is 10.2 Å². The molecule has 2 aromatic heterocycles. The highest BCUT2D eigenvalue weighted by molar-refractivity contribution is 7.22. The quantitative estimate of drug-likeness (QED) is 0.613. The minimum absolute atomic E-state index is 0.121. The molecular formula is C25H25N3O2S. The van der Waals surface area contributed by atoms with E-state index >= 15 is 0 Å². The van der Waals surface area contributed by atoms with Gasteiger partial charge in [-0.3, -0.25) is 4.79 Å². The minimum atomic E-state index is -0.121. The van der Waals surface area contributed by atoms with Crippen LogP contribution < -0.4 is 10.2 Å². The molecule has 1 saturated carbocycles. The van der Waals surface area contributed by atoms with Crippen molar-refractivity contribution in [2.24, 2.45) is 23.7 Å². The van der Waals surface area contributed by atoms with Gasteiger partial charge in [-0.05, 0) is 54.4 Å². The zero-order valence-electron chi connectivity index (χ0n) is 17.5. The number of aromatic nitrogens is 1. The highest BCUT2D eigenvalue weighted by Gasteiger charge is 2.55. The first-order chi connectivity index (χ1) is 15.2. The molecule has 1 N–H and O–H groups in total. The second-order valence-electron chi connectivity index (χ2n) is 8.91. The lowest BCUT2D eigenvalue weighted by Crippen LogP contribution is -2.27. The van der Waals surface area contributed by atoms with Crippen LogP contribution in [-0.2, 0) is 0 Å². The molecule has 2 unspecified atom stereocenters. The molecule has 1 saturated heterocycles. The molecule has 3 aliphatic rings. The molecular weight excluding hydrogens is 406 g/mol. The molecule has 1 aliphatic heterocycles. The van der Waals surface area contributed by atoms with Crippen LogP contribution in [0.15, 0.2) is 46.9 Å². The molecule has 5 nitrogen and oxygen atoms in total. The summed E-state index contributed by atoms with van der Waals surface area (Å²) in [6.45, 7) is 5.00. The van der Waals surface area contributed by atoms with Crippen molar-refractivity contribution in [2.45, 2.75) is 13.3 Å². The van der Waals surface area contributed by atoms with E-state index in [0.717, 1.165) is 53.3 Å². The fourth-order valence-electron chi connectivity index (χ4n) is 5.02. The fourth-order valence-corrected chi connectivity index (χ4v) is 6.00. The lowest BCUT2D eigenvalue weighted by atomic mass is 10.1. The molecule has 2 fully saturated rings. The van der Waals surface area contributed by atoms with E-state index < -0.39 is 0 Å². The molecule has 3 aromatic rings. The number of nitrogens with zero attached hydrogens (tertiary/aromatic N) is 2. The maximum absolute atomic E-state index is 12.5. The predicted molar refractivity (Wildman–Crippen MR) is 125 cm³/mol. The van der Waals surface area contributed by atoms with Crippen molar-refractivity contribution in [3.05, 3.63) is 59.6 Å². The number of furan rings is 1. The van der Waals surface area contributed by atoms with E-state index in [1.165, 1.54) is 4.70 Å². The molecule has 31 heavy (non-hydrogen) atoms. The highest BCUT2D eigenvalue weighted by Crippen LogP contribution is 2.54. The Morgan fingerprint density at radius 3 is 2.87 bits per heavy atom. The molecule has 3 heterocycles. The summed E-state index contributed by atoms with van der Waals surface area (Å²) in [6, 6.07) is 10.2. The van der Waals surface area contributed by atoms with E-state index in [9.17, 15) is 4.79 Å². The SMILES string of the molecule is CC1C=Cc2cc(C(=O)NCCC3[C@H]4CN(c5nc6ccccc6s5)C[C@@H]34)oc2C=C1. The van der Waals surface area contributed by atoms with E-state index in [1.54, 1.807) is 11.3 Å². The van der Waals surface area contributed by atoms with Gasteiger partial charge in [-0.15, -0.1) is 0 Å². The number of hydrogen-bond donors (Lipinski definition) is 1. The van der Waals surface area contributed by atoms with Crippen LogP contribution in [0.25, 0.3) is 22.4 Å². The first-order valence-electron chi connectivity index (χ1n) is 11.0. The third-order valence-corrected chi connectivity index (χ3v) is 7.93. The molecule has 0 radical (unpaired) electrons. The summed E-state index contributed by atoms with van der Waals surface area (Å²) in [5.74, 6) is 3.60. The molecule has 4 atom stereocenters. The summed E-state index contributed by atoms with van der Waals surface area (Å²) in [7, 11) is 0. The number of carbonyl (C=O) groups is 1. The van der Waals surface area contributed by atoms with Crippen LogP contribution in [0, 0.1) is 23.7 Å². The van der Waals surface area contributed by atoms with Crippen LogP contribution >= 0.6 is 11.3 Å². The Labute approximate surface area is 185 Å². The molecule has 1 aromatic carbocycles. The number of piperidine rings is 1. The number of hydrogen-bond acceptors (Lipinski definition) is 5. The number of para-hydroxylation sites is 1. The van der Waals surface area contributed by atoms with E-state index in [1.807, 2.05) is 24.3 Å². The molecule has 2 aliphatic carbocycles. The van der Waals surface area contributed by atoms with Crippen molar-refractivity contribution in [3.8, 4) is 0 Å². The van der Waals surface area contributed by atoms with Gasteiger partial charge in [0.1, 0.15) is 5.76 Å². The first kappa shape index (κ1) is 18.9. The third-order valence-electron chi connectivity index (χ3n) is 6.83. The number of anilines is 1. The maximum atomic E-state index is 12.5. The number of thiazole rings is 1. The summed E-state index contributed by atoms with van der Waals surface area (Å²) in [4.78, 5) is 19.8. The largest absolute Gasteiger partial charge is 0.451 e. The number of amides is 1.